The summed E-state index contributed by atoms with van der Waals surface area (Å²) in [5.41, 5.74) is 1.52. The fourth-order valence-electron chi connectivity index (χ4n) is 3.88. The summed E-state index contributed by atoms with van der Waals surface area (Å²) in [6, 6.07) is 0.444. The molecule has 132 valence electrons. The molecule has 6 heteroatoms. The van der Waals surface area contributed by atoms with Gasteiger partial charge in [0.1, 0.15) is 5.82 Å². The van der Waals surface area contributed by atoms with E-state index in [0.29, 0.717) is 17.5 Å². The molecule has 3 rings (SSSR count). The van der Waals surface area contributed by atoms with E-state index >= 15 is 0 Å². The minimum atomic E-state index is 0.0843. The molecule has 2 atom stereocenters. The van der Waals surface area contributed by atoms with Crippen LogP contribution in [0.1, 0.15) is 42.1 Å². The van der Waals surface area contributed by atoms with Crippen molar-refractivity contribution in [3.05, 3.63) is 23.3 Å². The van der Waals surface area contributed by atoms with Gasteiger partial charge in [-0.15, -0.1) is 0 Å². The predicted octanol–water partition coefficient (Wildman–Crippen LogP) is 1.53. The Kier molecular flexibility index (Phi) is 5.46. The number of rotatable bonds is 4. The average molecular weight is 332 g/mol. The van der Waals surface area contributed by atoms with Crippen LogP contribution < -0.4 is 0 Å². The second-order valence-electron chi connectivity index (χ2n) is 6.73. The van der Waals surface area contributed by atoms with Crippen LogP contribution >= 0.6 is 0 Å². The molecule has 0 unspecified atom stereocenters. The molecule has 0 spiro atoms. The molecule has 2 fully saturated rings. The summed E-state index contributed by atoms with van der Waals surface area (Å²) in [6.45, 7) is 11.3. The first-order chi connectivity index (χ1) is 11.6. The quantitative estimate of drug-likeness (QED) is 0.837. The lowest BCUT2D eigenvalue weighted by Crippen LogP contribution is -2.47. The normalized spacial score (nSPS) is 25.2. The Hall–Kier alpha value is -1.53. The van der Waals surface area contributed by atoms with Crippen LogP contribution in [0.4, 0.5) is 0 Å². The van der Waals surface area contributed by atoms with Crippen LogP contribution in [0.2, 0.25) is 0 Å². The molecule has 0 radical (unpaired) electrons. The largest absolute Gasteiger partial charge is 0.379 e. The van der Waals surface area contributed by atoms with Gasteiger partial charge in [0.05, 0.1) is 24.5 Å². The van der Waals surface area contributed by atoms with Crippen LogP contribution in [0.3, 0.4) is 0 Å². The molecule has 1 amide bonds. The van der Waals surface area contributed by atoms with Crippen molar-refractivity contribution in [2.75, 3.05) is 39.4 Å². The lowest BCUT2D eigenvalue weighted by molar-refractivity contribution is 0.0103. The minimum Gasteiger partial charge on any atom is -0.379 e. The number of morpholine rings is 1. The topological polar surface area (TPSA) is 58.6 Å². The highest BCUT2D eigenvalue weighted by Crippen LogP contribution is 2.27. The number of nitrogens with zero attached hydrogens (tertiary/aromatic N) is 4. The van der Waals surface area contributed by atoms with E-state index in [4.69, 9.17) is 4.74 Å². The van der Waals surface area contributed by atoms with E-state index < -0.39 is 0 Å². The number of aromatic nitrogens is 2. The van der Waals surface area contributed by atoms with Gasteiger partial charge in [-0.1, -0.05) is 20.3 Å². The Labute approximate surface area is 144 Å². The number of likely N-dealkylation sites (tertiary alicyclic amines) is 1. The highest BCUT2D eigenvalue weighted by Gasteiger charge is 2.38. The van der Waals surface area contributed by atoms with Gasteiger partial charge in [-0.25, -0.2) is 9.97 Å². The SMILES string of the molecule is CCc1nc(C)ncc1C(=O)N1C[C@@H](CC)[C@@H](N2CCOCC2)C1. The summed E-state index contributed by atoms with van der Waals surface area (Å²) in [5, 5.41) is 0. The summed E-state index contributed by atoms with van der Waals surface area (Å²) in [5.74, 6) is 1.34. The van der Waals surface area contributed by atoms with E-state index in [9.17, 15) is 4.79 Å². The Balaban J connectivity index is 1.76. The maximum absolute atomic E-state index is 13.0. The van der Waals surface area contributed by atoms with Crippen LogP contribution in [0.15, 0.2) is 6.20 Å². The third-order valence-corrected chi connectivity index (χ3v) is 5.29. The number of carbonyl (C=O) groups is 1. The number of hydrogen-bond donors (Lipinski definition) is 0. The standard InChI is InChI=1S/C18H28N4O2/c1-4-14-11-22(12-17(14)21-6-8-24-9-7-21)18(23)15-10-19-13(3)20-16(15)5-2/h10,14,17H,4-9,11-12H2,1-3H3/t14-,17+/m1/s1. The number of ether oxygens (including phenoxy) is 1. The zero-order valence-corrected chi connectivity index (χ0v) is 15.0. The molecule has 0 N–H and O–H groups in total. The molecular formula is C18H28N4O2. The predicted molar refractivity (Wildman–Crippen MR) is 92.0 cm³/mol. The Morgan fingerprint density at radius 1 is 1.29 bits per heavy atom. The summed E-state index contributed by atoms with van der Waals surface area (Å²) >= 11 is 0. The van der Waals surface area contributed by atoms with Crippen LogP contribution in [0.25, 0.3) is 0 Å². The zero-order valence-electron chi connectivity index (χ0n) is 15.0. The second kappa shape index (κ2) is 7.57. The molecule has 0 aliphatic carbocycles. The first-order valence-corrected chi connectivity index (χ1v) is 9.07. The molecule has 1 aromatic heterocycles. The van der Waals surface area contributed by atoms with Crippen molar-refractivity contribution >= 4 is 5.91 Å². The maximum atomic E-state index is 13.0. The van der Waals surface area contributed by atoms with Gasteiger partial charge in [-0.05, 0) is 19.3 Å². The van der Waals surface area contributed by atoms with Crippen molar-refractivity contribution in [1.29, 1.82) is 0 Å². The van der Waals surface area contributed by atoms with Gasteiger partial charge >= 0.3 is 0 Å². The monoisotopic (exact) mass is 332 g/mol. The van der Waals surface area contributed by atoms with E-state index in [2.05, 4.69) is 21.8 Å². The number of hydrogen-bond acceptors (Lipinski definition) is 5. The lowest BCUT2D eigenvalue weighted by Gasteiger charge is -2.34. The molecule has 0 saturated carbocycles. The van der Waals surface area contributed by atoms with Crippen LogP contribution in [-0.4, -0.2) is 71.1 Å². The van der Waals surface area contributed by atoms with Crippen molar-refractivity contribution in [1.82, 2.24) is 19.8 Å². The Bertz CT molecular complexity index is 586. The first kappa shape index (κ1) is 17.3. The van der Waals surface area contributed by atoms with E-state index in [1.165, 1.54) is 0 Å². The summed E-state index contributed by atoms with van der Waals surface area (Å²) in [4.78, 5) is 26.2. The third-order valence-electron chi connectivity index (χ3n) is 5.29. The first-order valence-electron chi connectivity index (χ1n) is 9.07. The van der Waals surface area contributed by atoms with Gasteiger partial charge < -0.3 is 9.64 Å². The lowest BCUT2D eigenvalue weighted by atomic mass is 9.99. The molecule has 0 bridgehead atoms. The second-order valence-corrected chi connectivity index (χ2v) is 6.73. The number of aryl methyl sites for hydroxylation is 2. The smallest absolute Gasteiger partial charge is 0.257 e. The summed E-state index contributed by atoms with van der Waals surface area (Å²) in [6.07, 6.45) is 3.55. The molecule has 3 heterocycles. The third kappa shape index (κ3) is 3.44. The Morgan fingerprint density at radius 2 is 2.04 bits per heavy atom. The molecule has 2 saturated heterocycles. The van der Waals surface area contributed by atoms with Crippen molar-refractivity contribution in [2.45, 2.75) is 39.7 Å². The van der Waals surface area contributed by atoms with Crippen LogP contribution in [-0.2, 0) is 11.2 Å². The van der Waals surface area contributed by atoms with Crippen LogP contribution in [0, 0.1) is 12.8 Å². The maximum Gasteiger partial charge on any atom is 0.257 e. The molecular weight excluding hydrogens is 304 g/mol. The zero-order chi connectivity index (χ0) is 17.1. The molecule has 2 aliphatic rings. The highest BCUT2D eigenvalue weighted by molar-refractivity contribution is 5.95. The molecule has 6 nitrogen and oxygen atoms in total. The molecule has 1 aromatic rings. The van der Waals surface area contributed by atoms with Gasteiger partial charge in [0.25, 0.3) is 5.91 Å². The fourth-order valence-corrected chi connectivity index (χ4v) is 3.88. The fraction of sp³-hybridized carbons (Fsp3) is 0.722. The van der Waals surface area contributed by atoms with E-state index in [0.717, 1.165) is 63.8 Å². The van der Waals surface area contributed by atoms with Gasteiger partial charge in [0, 0.05) is 38.4 Å². The number of amides is 1. The van der Waals surface area contributed by atoms with E-state index in [-0.39, 0.29) is 5.91 Å². The van der Waals surface area contributed by atoms with Crippen LogP contribution in [0.5, 0.6) is 0 Å². The summed E-state index contributed by atoms with van der Waals surface area (Å²) < 4.78 is 5.47. The average Bonchev–Trinajstić information content (AvgIpc) is 3.06. The van der Waals surface area contributed by atoms with Crippen molar-refractivity contribution in [3.63, 3.8) is 0 Å². The van der Waals surface area contributed by atoms with Crippen molar-refractivity contribution < 1.29 is 9.53 Å². The Morgan fingerprint density at radius 3 is 2.71 bits per heavy atom. The number of carbonyl (C=O) groups excluding carboxylic acids is 1. The van der Waals surface area contributed by atoms with Gasteiger partial charge in [0.15, 0.2) is 0 Å². The summed E-state index contributed by atoms with van der Waals surface area (Å²) in [7, 11) is 0. The van der Waals surface area contributed by atoms with Crippen molar-refractivity contribution in [3.8, 4) is 0 Å². The van der Waals surface area contributed by atoms with Gasteiger partial charge in [0.2, 0.25) is 0 Å². The van der Waals surface area contributed by atoms with Crippen molar-refractivity contribution in [2.24, 2.45) is 5.92 Å². The molecule has 24 heavy (non-hydrogen) atoms. The van der Waals surface area contributed by atoms with Gasteiger partial charge in [-0.3, -0.25) is 9.69 Å². The molecule has 0 aromatic carbocycles. The van der Waals surface area contributed by atoms with E-state index in [1.807, 2.05) is 18.7 Å². The van der Waals surface area contributed by atoms with E-state index in [1.54, 1.807) is 6.20 Å². The van der Waals surface area contributed by atoms with Gasteiger partial charge in [-0.2, -0.15) is 0 Å². The minimum absolute atomic E-state index is 0.0843. The highest BCUT2D eigenvalue weighted by atomic mass is 16.5. The molecule has 2 aliphatic heterocycles.